The van der Waals surface area contributed by atoms with Gasteiger partial charge >= 0.3 is 0 Å². The molecular weight excluding hydrogens is 252 g/mol. The highest BCUT2D eigenvalue weighted by Crippen LogP contribution is 2.20. The van der Waals surface area contributed by atoms with E-state index in [1.54, 1.807) is 13.8 Å². The van der Waals surface area contributed by atoms with Crippen LogP contribution in [0.25, 0.3) is 0 Å². The van der Waals surface area contributed by atoms with Crippen molar-refractivity contribution in [3.63, 3.8) is 0 Å². The molecule has 1 aromatic rings. The lowest BCUT2D eigenvalue weighted by Gasteiger charge is -2.23. The van der Waals surface area contributed by atoms with Crippen molar-refractivity contribution in [2.24, 2.45) is 0 Å². The Morgan fingerprint density at radius 1 is 1.41 bits per heavy atom. The largest absolute Gasteiger partial charge is 0.394 e. The van der Waals surface area contributed by atoms with E-state index in [4.69, 9.17) is 16.7 Å². The third-order valence-electron chi connectivity index (χ3n) is 2.10. The van der Waals surface area contributed by atoms with Crippen LogP contribution < -0.4 is 5.32 Å². The normalized spacial score (nSPS) is 11.4. The zero-order valence-electron chi connectivity index (χ0n) is 9.35. The summed E-state index contributed by atoms with van der Waals surface area (Å²) in [5.74, 6) is -2.94. The molecule has 0 aromatic heterocycles. The van der Waals surface area contributed by atoms with E-state index in [1.807, 2.05) is 0 Å². The topological polar surface area (TPSA) is 49.3 Å². The summed E-state index contributed by atoms with van der Waals surface area (Å²) < 4.78 is 25.8. The van der Waals surface area contributed by atoms with E-state index in [0.29, 0.717) is 0 Å². The standard InChI is InChI=1S/C11H12ClF2NO2/c1-11(2,5-16)15-10(17)6-3-8(13)9(14)4-7(6)12/h3-4,16H,5H2,1-2H3,(H,15,17). The maximum Gasteiger partial charge on any atom is 0.253 e. The number of aliphatic hydroxyl groups excluding tert-OH is 1. The fourth-order valence-corrected chi connectivity index (χ4v) is 1.35. The smallest absolute Gasteiger partial charge is 0.253 e. The Kier molecular flexibility index (Phi) is 4.06. The molecule has 0 aliphatic rings. The van der Waals surface area contributed by atoms with Crippen LogP contribution in [-0.2, 0) is 0 Å². The molecule has 0 fully saturated rings. The van der Waals surface area contributed by atoms with Crippen LogP contribution in [0.1, 0.15) is 24.2 Å². The molecule has 0 saturated heterocycles. The monoisotopic (exact) mass is 263 g/mol. The number of nitrogens with one attached hydrogen (secondary N) is 1. The Hall–Kier alpha value is -1.20. The Labute approximate surface area is 102 Å². The molecule has 0 bridgehead atoms. The zero-order valence-corrected chi connectivity index (χ0v) is 10.1. The van der Waals surface area contributed by atoms with Gasteiger partial charge in [-0.15, -0.1) is 0 Å². The predicted molar refractivity (Wildman–Crippen MR) is 60.0 cm³/mol. The highest BCUT2D eigenvalue weighted by molar-refractivity contribution is 6.33. The summed E-state index contributed by atoms with van der Waals surface area (Å²) in [6.45, 7) is 2.87. The lowest BCUT2D eigenvalue weighted by molar-refractivity contribution is 0.0869. The first-order valence-corrected chi connectivity index (χ1v) is 5.22. The molecule has 0 heterocycles. The number of hydrogen-bond donors (Lipinski definition) is 2. The number of carbonyl (C=O) groups excluding carboxylic acids is 1. The molecule has 17 heavy (non-hydrogen) atoms. The molecule has 1 amide bonds. The Morgan fingerprint density at radius 3 is 2.47 bits per heavy atom. The first kappa shape index (κ1) is 13.9. The van der Waals surface area contributed by atoms with Crippen LogP contribution in [0.3, 0.4) is 0 Å². The van der Waals surface area contributed by atoms with E-state index in [1.165, 1.54) is 0 Å². The van der Waals surface area contributed by atoms with E-state index in [-0.39, 0.29) is 17.2 Å². The predicted octanol–water partition coefficient (Wildman–Crippen LogP) is 2.12. The van der Waals surface area contributed by atoms with Crippen molar-refractivity contribution >= 4 is 17.5 Å². The van der Waals surface area contributed by atoms with Crippen molar-refractivity contribution in [1.82, 2.24) is 5.32 Å². The molecule has 0 unspecified atom stereocenters. The van der Waals surface area contributed by atoms with E-state index >= 15 is 0 Å². The van der Waals surface area contributed by atoms with Gasteiger partial charge in [-0.05, 0) is 26.0 Å². The van der Waals surface area contributed by atoms with Crippen molar-refractivity contribution in [3.05, 3.63) is 34.4 Å². The van der Waals surface area contributed by atoms with Crippen LogP contribution in [0.15, 0.2) is 12.1 Å². The number of hydrogen-bond acceptors (Lipinski definition) is 2. The molecule has 0 radical (unpaired) electrons. The van der Waals surface area contributed by atoms with Crippen molar-refractivity contribution in [1.29, 1.82) is 0 Å². The van der Waals surface area contributed by atoms with Gasteiger partial charge in [0.1, 0.15) is 0 Å². The Bertz CT molecular complexity index is 449. The summed E-state index contributed by atoms with van der Waals surface area (Å²) in [5.41, 5.74) is -1.04. The second kappa shape index (κ2) is 4.98. The van der Waals surface area contributed by atoms with Crippen LogP contribution in [-0.4, -0.2) is 23.2 Å². The fraction of sp³-hybridized carbons (Fsp3) is 0.364. The molecule has 2 N–H and O–H groups in total. The van der Waals surface area contributed by atoms with Crippen LogP contribution in [0, 0.1) is 11.6 Å². The molecule has 94 valence electrons. The molecule has 0 aliphatic heterocycles. The molecule has 6 heteroatoms. The maximum absolute atomic E-state index is 13.0. The first-order chi connectivity index (χ1) is 7.76. The minimum absolute atomic E-state index is 0.174. The quantitative estimate of drug-likeness (QED) is 0.821. The van der Waals surface area contributed by atoms with Crippen LogP contribution in [0.5, 0.6) is 0 Å². The molecular formula is C11H12ClF2NO2. The number of benzene rings is 1. The van der Waals surface area contributed by atoms with Gasteiger partial charge in [0.05, 0.1) is 22.7 Å². The Balaban J connectivity index is 3.01. The average Bonchev–Trinajstić information content (AvgIpc) is 2.22. The minimum atomic E-state index is -1.15. The van der Waals surface area contributed by atoms with Gasteiger partial charge in [0.15, 0.2) is 11.6 Å². The summed E-state index contributed by atoms with van der Waals surface area (Å²) in [6.07, 6.45) is 0. The van der Waals surface area contributed by atoms with Gasteiger partial charge < -0.3 is 10.4 Å². The lowest BCUT2D eigenvalue weighted by Crippen LogP contribution is -2.46. The lowest BCUT2D eigenvalue weighted by atomic mass is 10.1. The minimum Gasteiger partial charge on any atom is -0.394 e. The molecule has 0 saturated carbocycles. The molecule has 3 nitrogen and oxygen atoms in total. The van der Waals surface area contributed by atoms with E-state index in [0.717, 1.165) is 12.1 Å². The van der Waals surface area contributed by atoms with Gasteiger partial charge in [0.25, 0.3) is 5.91 Å². The third kappa shape index (κ3) is 3.38. The highest BCUT2D eigenvalue weighted by atomic mass is 35.5. The van der Waals surface area contributed by atoms with Crippen LogP contribution in [0.2, 0.25) is 5.02 Å². The number of aliphatic hydroxyl groups is 1. The van der Waals surface area contributed by atoms with Gasteiger partial charge in [0.2, 0.25) is 0 Å². The fourth-order valence-electron chi connectivity index (χ4n) is 1.11. The second-order valence-electron chi connectivity index (χ2n) is 4.24. The van der Waals surface area contributed by atoms with E-state index < -0.39 is 23.1 Å². The van der Waals surface area contributed by atoms with Gasteiger partial charge in [-0.3, -0.25) is 4.79 Å². The van der Waals surface area contributed by atoms with Gasteiger partial charge in [-0.25, -0.2) is 8.78 Å². The molecule has 0 spiro atoms. The second-order valence-corrected chi connectivity index (χ2v) is 4.65. The van der Waals surface area contributed by atoms with Crippen LogP contribution >= 0.6 is 11.6 Å². The number of carbonyl (C=O) groups is 1. The van der Waals surface area contributed by atoms with Gasteiger partial charge in [-0.2, -0.15) is 0 Å². The number of rotatable bonds is 3. The van der Waals surface area contributed by atoms with E-state index in [9.17, 15) is 13.6 Å². The molecule has 1 rings (SSSR count). The maximum atomic E-state index is 13.0. The van der Waals surface area contributed by atoms with Crippen molar-refractivity contribution in [3.8, 4) is 0 Å². The van der Waals surface area contributed by atoms with E-state index in [2.05, 4.69) is 5.32 Å². The number of halogens is 3. The third-order valence-corrected chi connectivity index (χ3v) is 2.41. The van der Waals surface area contributed by atoms with Gasteiger partial charge in [0, 0.05) is 0 Å². The van der Waals surface area contributed by atoms with Crippen molar-refractivity contribution in [2.75, 3.05) is 6.61 Å². The van der Waals surface area contributed by atoms with Crippen molar-refractivity contribution < 1.29 is 18.7 Å². The molecule has 1 aromatic carbocycles. The van der Waals surface area contributed by atoms with Gasteiger partial charge in [-0.1, -0.05) is 11.6 Å². The SMILES string of the molecule is CC(C)(CO)NC(=O)c1cc(F)c(F)cc1Cl. The number of amides is 1. The van der Waals surface area contributed by atoms with Crippen LogP contribution in [0.4, 0.5) is 8.78 Å². The summed E-state index contributed by atoms with van der Waals surface area (Å²) >= 11 is 5.64. The Morgan fingerprint density at radius 2 is 1.94 bits per heavy atom. The zero-order chi connectivity index (χ0) is 13.2. The highest BCUT2D eigenvalue weighted by Gasteiger charge is 2.22. The summed E-state index contributed by atoms with van der Waals surface area (Å²) in [6, 6.07) is 1.46. The van der Waals surface area contributed by atoms with Crippen molar-refractivity contribution in [2.45, 2.75) is 19.4 Å². The average molecular weight is 264 g/mol. The molecule has 0 aliphatic carbocycles. The first-order valence-electron chi connectivity index (χ1n) is 4.85. The molecule has 0 atom stereocenters. The summed E-state index contributed by atoms with van der Waals surface area (Å²) in [4.78, 5) is 11.7. The summed E-state index contributed by atoms with van der Waals surface area (Å²) in [7, 11) is 0. The summed E-state index contributed by atoms with van der Waals surface area (Å²) in [5, 5.41) is 11.2.